The number of benzene rings is 2. The lowest BCUT2D eigenvalue weighted by Gasteiger charge is -2.29. The number of carbonyl (C=O) groups excluding carboxylic acids is 1. The normalized spacial score (nSPS) is 12.8. The molecular formula is C23H29NO. The number of ketones is 1. The first-order valence-corrected chi connectivity index (χ1v) is 8.72. The number of carbonyl (C=O) groups is 1. The molecule has 0 saturated carbocycles. The quantitative estimate of drug-likeness (QED) is 0.785. The van der Waals surface area contributed by atoms with Crippen LogP contribution in [0.1, 0.15) is 54.2 Å². The molecule has 25 heavy (non-hydrogen) atoms. The molecular weight excluding hydrogens is 306 g/mol. The van der Waals surface area contributed by atoms with Crippen molar-refractivity contribution in [3.63, 3.8) is 0 Å². The number of aryl methyl sites for hydroxylation is 4. The van der Waals surface area contributed by atoms with E-state index in [1.165, 1.54) is 16.7 Å². The molecule has 0 aliphatic carbocycles. The first kappa shape index (κ1) is 19.0. The Labute approximate surface area is 151 Å². The molecule has 0 aliphatic heterocycles. The molecule has 0 radical (unpaired) electrons. The molecule has 0 saturated heterocycles. The van der Waals surface area contributed by atoms with Crippen LogP contribution in [0.15, 0.2) is 42.1 Å². The maximum atomic E-state index is 12.5. The Morgan fingerprint density at radius 3 is 2.04 bits per heavy atom. The summed E-state index contributed by atoms with van der Waals surface area (Å²) >= 11 is 0. The average Bonchev–Trinajstić information content (AvgIpc) is 2.51. The van der Waals surface area contributed by atoms with Crippen LogP contribution in [0.25, 0.3) is 5.57 Å². The van der Waals surface area contributed by atoms with Gasteiger partial charge in [0.15, 0.2) is 5.78 Å². The van der Waals surface area contributed by atoms with Gasteiger partial charge in [0.05, 0.1) is 0 Å². The Hall–Kier alpha value is -2.35. The number of Topliss-reactive ketones (excluding diaryl/α,β-unsaturated/α-hetero) is 1. The molecule has 0 fully saturated rings. The molecule has 2 aromatic rings. The molecule has 2 N–H and O–H groups in total. The second-order valence-electron chi connectivity index (χ2n) is 7.59. The van der Waals surface area contributed by atoms with Gasteiger partial charge in [-0.1, -0.05) is 55.8 Å². The van der Waals surface area contributed by atoms with Crippen molar-refractivity contribution >= 4 is 11.4 Å². The molecule has 0 aliphatic rings. The molecule has 0 amide bonds. The van der Waals surface area contributed by atoms with Gasteiger partial charge in [-0.25, -0.2) is 0 Å². The number of allylic oxidation sites excluding steroid dienone is 2. The van der Waals surface area contributed by atoms with Crippen molar-refractivity contribution in [2.75, 3.05) is 0 Å². The summed E-state index contributed by atoms with van der Waals surface area (Å²) in [6.45, 7) is 14.0. The molecule has 132 valence electrons. The smallest absolute Gasteiger partial charge is 0.162 e. The van der Waals surface area contributed by atoms with Crippen LogP contribution in [0.5, 0.6) is 0 Å². The van der Waals surface area contributed by atoms with Crippen LogP contribution in [0, 0.1) is 27.7 Å². The van der Waals surface area contributed by atoms with Crippen molar-refractivity contribution in [1.82, 2.24) is 0 Å². The SMILES string of the molecule is CC(=O)/C(=C(/N)C(C)(C)c1ccc(C)c(C)c1)c1ccc(C)cc1C. The van der Waals surface area contributed by atoms with Gasteiger partial charge >= 0.3 is 0 Å². The Balaban J connectivity index is 2.69. The van der Waals surface area contributed by atoms with Crippen LogP contribution >= 0.6 is 0 Å². The lowest BCUT2D eigenvalue weighted by Crippen LogP contribution is -2.29. The number of hydrogen-bond donors (Lipinski definition) is 1. The second kappa shape index (κ2) is 6.87. The maximum Gasteiger partial charge on any atom is 0.162 e. The molecule has 2 heteroatoms. The largest absolute Gasteiger partial charge is 0.401 e. The van der Waals surface area contributed by atoms with E-state index in [0.717, 1.165) is 16.7 Å². The van der Waals surface area contributed by atoms with Crippen LogP contribution < -0.4 is 5.73 Å². The summed E-state index contributed by atoms with van der Waals surface area (Å²) in [5.41, 5.74) is 14.2. The third-order valence-electron chi connectivity index (χ3n) is 5.17. The van der Waals surface area contributed by atoms with E-state index in [2.05, 4.69) is 58.9 Å². The van der Waals surface area contributed by atoms with Crippen LogP contribution in [-0.4, -0.2) is 5.78 Å². The van der Waals surface area contributed by atoms with Crippen molar-refractivity contribution in [2.24, 2.45) is 5.73 Å². The zero-order valence-corrected chi connectivity index (χ0v) is 16.4. The first-order chi connectivity index (χ1) is 11.6. The van der Waals surface area contributed by atoms with Crippen LogP contribution in [0.3, 0.4) is 0 Å². The molecule has 0 heterocycles. The van der Waals surface area contributed by atoms with Gasteiger partial charge in [-0.15, -0.1) is 0 Å². The molecule has 0 bridgehead atoms. The second-order valence-corrected chi connectivity index (χ2v) is 7.59. The molecule has 0 unspecified atom stereocenters. The van der Waals surface area contributed by atoms with Gasteiger partial charge in [0.25, 0.3) is 0 Å². The summed E-state index contributed by atoms with van der Waals surface area (Å²) in [6, 6.07) is 12.5. The maximum absolute atomic E-state index is 12.5. The highest BCUT2D eigenvalue weighted by molar-refractivity contribution is 6.21. The summed E-state index contributed by atoms with van der Waals surface area (Å²) in [5, 5.41) is 0. The standard InChI is InChI=1S/C23H29NO/c1-14-8-11-20(17(4)12-14)21(18(5)25)22(24)23(6,7)19-10-9-15(2)16(3)13-19/h8-13H,24H2,1-7H3/b22-21-. The Kier molecular flexibility index (Phi) is 5.22. The Morgan fingerprint density at radius 2 is 1.52 bits per heavy atom. The molecule has 2 rings (SSSR count). The van der Waals surface area contributed by atoms with Crippen molar-refractivity contribution in [1.29, 1.82) is 0 Å². The Morgan fingerprint density at radius 1 is 0.880 bits per heavy atom. The van der Waals surface area contributed by atoms with Crippen LogP contribution in [0.4, 0.5) is 0 Å². The van der Waals surface area contributed by atoms with Crippen molar-refractivity contribution in [2.45, 2.75) is 53.9 Å². The van der Waals surface area contributed by atoms with E-state index in [1.54, 1.807) is 6.92 Å². The van der Waals surface area contributed by atoms with Crippen LogP contribution in [0.2, 0.25) is 0 Å². The lowest BCUT2D eigenvalue weighted by atomic mass is 9.77. The van der Waals surface area contributed by atoms with Gasteiger partial charge in [0, 0.05) is 16.7 Å². The van der Waals surface area contributed by atoms with Crippen molar-refractivity contribution < 1.29 is 4.79 Å². The zero-order chi connectivity index (χ0) is 18.9. The van der Waals surface area contributed by atoms with E-state index >= 15 is 0 Å². The monoisotopic (exact) mass is 335 g/mol. The average molecular weight is 335 g/mol. The fourth-order valence-corrected chi connectivity index (χ4v) is 3.22. The molecule has 2 aromatic carbocycles. The topological polar surface area (TPSA) is 43.1 Å². The van der Waals surface area contributed by atoms with E-state index in [-0.39, 0.29) is 5.78 Å². The molecule has 2 nitrogen and oxygen atoms in total. The van der Waals surface area contributed by atoms with Gasteiger partial charge in [0.2, 0.25) is 0 Å². The summed E-state index contributed by atoms with van der Waals surface area (Å²) in [6.07, 6.45) is 0. The summed E-state index contributed by atoms with van der Waals surface area (Å²) in [7, 11) is 0. The predicted octanol–water partition coefficient (Wildman–Crippen LogP) is 5.16. The van der Waals surface area contributed by atoms with E-state index in [1.807, 2.05) is 19.1 Å². The summed E-state index contributed by atoms with van der Waals surface area (Å²) in [4.78, 5) is 12.5. The molecule has 0 aromatic heterocycles. The van der Waals surface area contributed by atoms with Gasteiger partial charge in [-0.3, -0.25) is 4.79 Å². The van der Waals surface area contributed by atoms with Crippen molar-refractivity contribution in [3.05, 3.63) is 75.5 Å². The minimum Gasteiger partial charge on any atom is -0.401 e. The molecule has 0 atom stereocenters. The van der Waals surface area contributed by atoms with Gasteiger partial charge in [0.1, 0.15) is 0 Å². The highest BCUT2D eigenvalue weighted by atomic mass is 16.1. The van der Waals surface area contributed by atoms with Gasteiger partial charge < -0.3 is 5.73 Å². The number of nitrogens with two attached hydrogens (primary N) is 1. The van der Waals surface area contributed by atoms with Gasteiger partial charge in [-0.2, -0.15) is 0 Å². The fraction of sp³-hybridized carbons (Fsp3) is 0.348. The van der Waals surface area contributed by atoms with E-state index in [4.69, 9.17) is 5.73 Å². The summed E-state index contributed by atoms with van der Waals surface area (Å²) in [5.74, 6) is 0.00126. The fourth-order valence-electron chi connectivity index (χ4n) is 3.22. The molecule has 0 spiro atoms. The number of hydrogen-bond acceptors (Lipinski definition) is 2. The third kappa shape index (κ3) is 3.68. The predicted molar refractivity (Wildman–Crippen MR) is 107 cm³/mol. The first-order valence-electron chi connectivity index (χ1n) is 8.72. The van der Waals surface area contributed by atoms with Crippen molar-refractivity contribution in [3.8, 4) is 0 Å². The van der Waals surface area contributed by atoms with E-state index in [9.17, 15) is 4.79 Å². The zero-order valence-electron chi connectivity index (χ0n) is 16.4. The number of rotatable bonds is 4. The van der Waals surface area contributed by atoms with Crippen LogP contribution in [-0.2, 0) is 10.2 Å². The minimum absolute atomic E-state index is 0.00126. The van der Waals surface area contributed by atoms with E-state index in [0.29, 0.717) is 11.3 Å². The Bertz CT molecular complexity index is 856. The summed E-state index contributed by atoms with van der Waals surface area (Å²) < 4.78 is 0. The lowest BCUT2D eigenvalue weighted by molar-refractivity contribution is -0.111. The van der Waals surface area contributed by atoms with Gasteiger partial charge in [-0.05, 0) is 62.4 Å². The highest BCUT2D eigenvalue weighted by Crippen LogP contribution is 2.35. The van der Waals surface area contributed by atoms with E-state index < -0.39 is 5.41 Å². The highest BCUT2D eigenvalue weighted by Gasteiger charge is 2.29. The minimum atomic E-state index is -0.434. The third-order valence-corrected chi connectivity index (χ3v) is 5.17.